The van der Waals surface area contributed by atoms with Crippen LogP contribution in [-0.4, -0.2) is 14.2 Å². The van der Waals surface area contributed by atoms with Crippen LogP contribution in [0.4, 0.5) is 17.1 Å². The molecule has 0 unspecified atom stereocenters. The van der Waals surface area contributed by atoms with Crippen LogP contribution >= 0.6 is 11.6 Å². The predicted octanol–water partition coefficient (Wildman–Crippen LogP) is 3.99. The van der Waals surface area contributed by atoms with Crippen molar-refractivity contribution >= 4 is 28.7 Å². The SMILES string of the molecule is COc1cc(Nc2ccc(C)c(N)c2)c(OC)cc1Cl. The number of rotatable bonds is 4. The van der Waals surface area contributed by atoms with E-state index >= 15 is 0 Å². The van der Waals surface area contributed by atoms with Crippen LogP contribution in [0.1, 0.15) is 5.56 Å². The van der Waals surface area contributed by atoms with E-state index in [0.717, 1.165) is 22.6 Å². The third kappa shape index (κ3) is 2.91. The zero-order valence-corrected chi connectivity index (χ0v) is 12.4. The molecule has 0 spiro atoms. The van der Waals surface area contributed by atoms with E-state index in [2.05, 4.69) is 5.32 Å². The molecule has 0 aliphatic rings. The molecule has 0 fully saturated rings. The number of ether oxygens (including phenoxy) is 2. The molecule has 0 radical (unpaired) electrons. The number of benzene rings is 2. The third-order valence-electron chi connectivity index (χ3n) is 3.03. The Morgan fingerprint density at radius 1 is 1.05 bits per heavy atom. The van der Waals surface area contributed by atoms with Crippen molar-refractivity contribution in [2.45, 2.75) is 6.92 Å². The summed E-state index contributed by atoms with van der Waals surface area (Å²) in [6, 6.07) is 9.27. The highest BCUT2D eigenvalue weighted by Gasteiger charge is 2.10. The number of methoxy groups -OCH3 is 2. The van der Waals surface area contributed by atoms with E-state index in [4.69, 9.17) is 26.8 Å². The molecule has 0 saturated carbocycles. The highest BCUT2D eigenvalue weighted by atomic mass is 35.5. The maximum atomic E-state index is 6.08. The minimum Gasteiger partial charge on any atom is -0.495 e. The molecular weight excluding hydrogens is 276 g/mol. The molecule has 0 atom stereocenters. The smallest absolute Gasteiger partial charge is 0.144 e. The van der Waals surface area contributed by atoms with Crippen molar-refractivity contribution in [2.75, 3.05) is 25.3 Å². The number of halogens is 1. The first-order valence-corrected chi connectivity index (χ1v) is 6.47. The van der Waals surface area contributed by atoms with Gasteiger partial charge in [0.25, 0.3) is 0 Å². The maximum Gasteiger partial charge on any atom is 0.144 e. The van der Waals surface area contributed by atoms with Crippen LogP contribution in [0, 0.1) is 6.92 Å². The molecule has 0 bridgehead atoms. The van der Waals surface area contributed by atoms with Crippen molar-refractivity contribution in [2.24, 2.45) is 0 Å². The molecule has 0 amide bonds. The van der Waals surface area contributed by atoms with Crippen LogP contribution in [0.3, 0.4) is 0 Å². The second-order valence-electron chi connectivity index (χ2n) is 4.38. The summed E-state index contributed by atoms with van der Waals surface area (Å²) in [5, 5.41) is 3.75. The molecule has 2 rings (SSSR count). The summed E-state index contributed by atoms with van der Waals surface area (Å²) in [4.78, 5) is 0. The summed E-state index contributed by atoms with van der Waals surface area (Å²) >= 11 is 6.08. The van der Waals surface area contributed by atoms with E-state index in [1.807, 2.05) is 25.1 Å². The summed E-state index contributed by atoms with van der Waals surface area (Å²) in [5.41, 5.74) is 9.31. The molecular formula is C15H17ClN2O2. The van der Waals surface area contributed by atoms with Gasteiger partial charge in [0.05, 0.1) is 24.9 Å². The van der Waals surface area contributed by atoms with E-state index in [1.165, 1.54) is 0 Å². The lowest BCUT2D eigenvalue weighted by Gasteiger charge is -2.14. The summed E-state index contributed by atoms with van der Waals surface area (Å²) < 4.78 is 10.5. The van der Waals surface area contributed by atoms with Crippen LogP contribution in [0.15, 0.2) is 30.3 Å². The summed E-state index contributed by atoms with van der Waals surface area (Å²) in [5.74, 6) is 1.21. The molecule has 2 aromatic rings. The zero-order valence-electron chi connectivity index (χ0n) is 11.7. The summed E-state index contributed by atoms with van der Waals surface area (Å²) in [6.45, 7) is 1.96. The second kappa shape index (κ2) is 5.92. The number of hydrogen-bond donors (Lipinski definition) is 2. The van der Waals surface area contributed by atoms with Gasteiger partial charge in [0.15, 0.2) is 0 Å². The van der Waals surface area contributed by atoms with Crippen LogP contribution in [0.2, 0.25) is 5.02 Å². The van der Waals surface area contributed by atoms with Crippen molar-refractivity contribution in [1.29, 1.82) is 0 Å². The Hall–Kier alpha value is -2.07. The molecule has 0 aliphatic heterocycles. The minimum absolute atomic E-state index is 0.498. The van der Waals surface area contributed by atoms with Crippen molar-refractivity contribution in [3.05, 3.63) is 40.9 Å². The normalized spacial score (nSPS) is 10.2. The van der Waals surface area contributed by atoms with Gasteiger partial charge in [0, 0.05) is 23.5 Å². The first kappa shape index (κ1) is 14.3. The highest BCUT2D eigenvalue weighted by Crippen LogP contribution is 2.37. The lowest BCUT2D eigenvalue weighted by molar-refractivity contribution is 0.405. The van der Waals surface area contributed by atoms with E-state index in [0.29, 0.717) is 16.5 Å². The Bertz CT molecular complexity index is 630. The van der Waals surface area contributed by atoms with Crippen molar-refractivity contribution in [3.8, 4) is 11.5 Å². The topological polar surface area (TPSA) is 56.5 Å². The van der Waals surface area contributed by atoms with Gasteiger partial charge in [-0.2, -0.15) is 0 Å². The monoisotopic (exact) mass is 292 g/mol. The van der Waals surface area contributed by atoms with E-state index < -0.39 is 0 Å². The van der Waals surface area contributed by atoms with E-state index in [-0.39, 0.29) is 0 Å². The van der Waals surface area contributed by atoms with Crippen LogP contribution < -0.4 is 20.5 Å². The van der Waals surface area contributed by atoms with Crippen LogP contribution in [0.5, 0.6) is 11.5 Å². The average molecular weight is 293 g/mol. The summed E-state index contributed by atoms with van der Waals surface area (Å²) in [6.07, 6.45) is 0. The van der Waals surface area contributed by atoms with E-state index in [9.17, 15) is 0 Å². The Balaban J connectivity index is 2.38. The number of anilines is 3. The molecule has 0 heterocycles. The molecule has 5 heteroatoms. The van der Waals surface area contributed by atoms with Crippen molar-refractivity contribution in [1.82, 2.24) is 0 Å². The zero-order chi connectivity index (χ0) is 14.7. The molecule has 2 aromatic carbocycles. The first-order chi connectivity index (χ1) is 9.55. The van der Waals surface area contributed by atoms with Crippen LogP contribution in [-0.2, 0) is 0 Å². The van der Waals surface area contributed by atoms with E-state index in [1.54, 1.807) is 26.4 Å². The summed E-state index contributed by atoms with van der Waals surface area (Å²) in [7, 11) is 3.16. The van der Waals surface area contributed by atoms with Gasteiger partial charge in [0.2, 0.25) is 0 Å². The Morgan fingerprint density at radius 3 is 2.35 bits per heavy atom. The molecule has 4 nitrogen and oxygen atoms in total. The third-order valence-corrected chi connectivity index (χ3v) is 3.33. The highest BCUT2D eigenvalue weighted by molar-refractivity contribution is 6.32. The van der Waals surface area contributed by atoms with Gasteiger partial charge in [-0.25, -0.2) is 0 Å². The lowest BCUT2D eigenvalue weighted by Crippen LogP contribution is -1.98. The fourth-order valence-corrected chi connectivity index (χ4v) is 2.06. The van der Waals surface area contributed by atoms with Gasteiger partial charge in [-0.3, -0.25) is 0 Å². The fraction of sp³-hybridized carbons (Fsp3) is 0.200. The van der Waals surface area contributed by atoms with Crippen LogP contribution in [0.25, 0.3) is 0 Å². The molecule has 0 aromatic heterocycles. The average Bonchev–Trinajstić information content (AvgIpc) is 2.44. The number of aryl methyl sites for hydroxylation is 1. The number of nitrogens with two attached hydrogens (primary N) is 1. The standard InChI is InChI=1S/C15H17ClN2O2/c1-9-4-5-10(6-12(9)17)18-13-8-14(19-2)11(16)7-15(13)20-3/h4-8,18H,17H2,1-3H3. The Labute approximate surface area is 123 Å². The molecule has 20 heavy (non-hydrogen) atoms. The molecule has 3 N–H and O–H groups in total. The number of nitrogens with one attached hydrogen (secondary N) is 1. The van der Waals surface area contributed by atoms with Gasteiger partial charge in [-0.05, 0) is 24.6 Å². The van der Waals surface area contributed by atoms with Gasteiger partial charge in [-0.1, -0.05) is 17.7 Å². The van der Waals surface area contributed by atoms with Crippen molar-refractivity contribution < 1.29 is 9.47 Å². The molecule has 0 aliphatic carbocycles. The Morgan fingerprint density at radius 2 is 1.75 bits per heavy atom. The van der Waals surface area contributed by atoms with Crippen molar-refractivity contribution in [3.63, 3.8) is 0 Å². The lowest BCUT2D eigenvalue weighted by atomic mass is 10.2. The molecule has 106 valence electrons. The first-order valence-electron chi connectivity index (χ1n) is 6.10. The second-order valence-corrected chi connectivity index (χ2v) is 4.79. The number of nitrogen functional groups attached to an aromatic ring is 1. The Kier molecular flexibility index (Phi) is 4.25. The quantitative estimate of drug-likeness (QED) is 0.837. The largest absolute Gasteiger partial charge is 0.495 e. The van der Waals surface area contributed by atoms with Gasteiger partial charge < -0.3 is 20.5 Å². The molecule has 0 saturated heterocycles. The predicted molar refractivity (Wildman–Crippen MR) is 83.4 cm³/mol. The minimum atomic E-state index is 0.498. The van der Waals surface area contributed by atoms with Gasteiger partial charge in [0.1, 0.15) is 11.5 Å². The number of hydrogen-bond acceptors (Lipinski definition) is 4. The fourth-order valence-electron chi connectivity index (χ4n) is 1.83. The maximum absolute atomic E-state index is 6.08. The van der Waals surface area contributed by atoms with Gasteiger partial charge in [-0.15, -0.1) is 0 Å². The van der Waals surface area contributed by atoms with Gasteiger partial charge >= 0.3 is 0 Å².